The molecular weight excluding hydrogens is 328 g/mol. The lowest BCUT2D eigenvalue weighted by atomic mass is 9.80. The largest absolute Gasteiger partial charge is 0.493 e. The van der Waals surface area contributed by atoms with Crippen LogP contribution >= 0.6 is 11.6 Å². The molecule has 1 atom stereocenters. The van der Waals surface area contributed by atoms with Crippen molar-refractivity contribution < 1.29 is 19.2 Å². The monoisotopic (exact) mass is 347 g/mol. The molecule has 5 nitrogen and oxygen atoms in total. The number of ether oxygens (including phenoxy) is 2. The van der Waals surface area contributed by atoms with Gasteiger partial charge in [0.05, 0.1) is 18.7 Å². The highest BCUT2D eigenvalue weighted by atomic mass is 35.5. The molecule has 1 N–H and O–H groups in total. The molecule has 126 valence electrons. The molecule has 0 saturated carbocycles. The summed E-state index contributed by atoms with van der Waals surface area (Å²) in [7, 11) is 0.884. The minimum Gasteiger partial charge on any atom is -0.493 e. The van der Waals surface area contributed by atoms with E-state index in [0.29, 0.717) is 36.1 Å². The van der Waals surface area contributed by atoms with Crippen LogP contribution < -0.4 is 9.47 Å². The summed E-state index contributed by atoms with van der Waals surface area (Å²) in [6.07, 6.45) is 4.14. The van der Waals surface area contributed by atoms with Crippen LogP contribution in [0.3, 0.4) is 0 Å². The molecule has 1 unspecified atom stereocenters. The Balaban J connectivity index is 1.98. The minimum atomic E-state index is -0.701. The second-order valence-corrected chi connectivity index (χ2v) is 6.05. The molecule has 0 amide bonds. The first-order valence-electron chi connectivity index (χ1n) is 7.87. The standard InChI is InChI=1S/C17H19BClNO4/c1-3-23-17-5-14(15(19)6-16(17)22-2)12-4-11(8-20-9-12)13-7-18(21)24-10-13/h4-6,8-9,13,21H,3,7,10H2,1-2H3. The van der Waals surface area contributed by atoms with Gasteiger partial charge >= 0.3 is 7.12 Å². The van der Waals surface area contributed by atoms with Crippen LogP contribution in [-0.4, -0.2) is 37.4 Å². The number of rotatable bonds is 5. The summed E-state index contributed by atoms with van der Waals surface area (Å²) in [5, 5.41) is 10.1. The highest BCUT2D eigenvalue weighted by molar-refractivity contribution is 6.43. The topological polar surface area (TPSA) is 60.8 Å². The Morgan fingerprint density at radius 1 is 1.33 bits per heavy atom. The van der Waals surface area contributed by atoms with Crippen molar-refractivity contribution in [2.24, 2.45) is 0 Å². The molecule has 3 rings (SSSR count). The molecule has 0 aliphatic carbocycles. The Labute approximate surface area is 146 Å². The van der Waals surface area contributed by atoms with Gasteiger partial charge in [-0.15, -0.1) is 0 Å². The van der Waals surface area contributed by atoms with E-state index in [0.717, 1.165) is 16.7 Å². The maximum absolute atomic E-state index is 9.55. The van der Waals surface area contributed by atoms with Gasteiger partial charge in [0.25, 0.3) is 0 Å². The lowest BCUT2D eigenvalue weighted by Crippen LogP contribution is -2.07. The van der Waals surface area contributed by atoms with Crippen molar-refractivity contribution in [1.82, 2.24) is 4.98 Å². The molecule has 2 aromatic rings. The van der Waals surface area contributed by atoms with Crippen LogP contribution in [0.4, 0.5) is 0 Å². The van der Waals surface area contributed by atoms with Gasteiger partial charge in [-0.25, -0.2) is 0 Å². The van der Waals surface area contributed by atoms with E-state index in [9.17, 15) is 5.02 Å². The summed E-state index contributed by atoms with van der Waals surface area (Å²) in [5.74, 6) is 1.38. The molecule has 1 aromatic carbocycles. The van der Waals surface area contributed by atoms with E-state index in [1.54, 1.807) is 25.6 Å². The van der Waals surface area contributed by atoms with Gasteiger partial charge in [-0.05, 0) is 30.9 Å². The van der Waals surface area contributed by atoms with E-state index in [4.69, 9.17) is 25.7 Å². The van der Waals surface area contributed by atoms with E-state index in [1.165, 1.54) is 0 Å². The van der Waals surface area contributed by atoms with Crippen molar-refractivity contribution in [2.75, 3.05) is 20.3 Å². The van der Waals surface area contributed by atoms with E-state index in [1.807, 2.05) is 19.1 Å². The third-order valence-corrected chi connectivity index (χ3v) is 4.38. The quantitative estimate of drug-likeness (QED) is 0.840. The van der Waals surface area contributed by atoms with Gasteiger partial charge in [-0.3, -0.25) is 4.98 Å². The second kappa shape index (κ2) is 7.42. The van der Waals surface area contributed by atoms with E-state index in [2.05, 4.69) is 4.98 Å². The summed E-state index contributed by atoms with van der Waals surface area (Å²) in [5.41, 5.74) is 2.74. The number of hydrogen-bond donors (Lipinski definition) is 1. The van der Waals surface area contributed by atoms with Gasteiger partial charge in [-0.2, -0.15) is 0 Å². The number of methoxy groups -OCH3 is 1. The van der Waals surface area contributed by atoms with Crippen LogP contribution in [0.5, 0.6) is 11.5 Å². The van der Waals surface area contributed by atoms with Crippen LogP contribution in [0.15, 0.2) is 30.6 Å². The maximum Gasteiger partial charge on any atom is 0.454 e. The van der Waals surface area contributed by atoms with E-state index in [-0.39, 0.29) is 5.92 Å². The fourth-order valence-corrected chi connectivity index (χ4v) is 3.11. The Morgan fingerprint density at radius 3 is 2.83 bits per heavy atom. The van der Waals surface area contributed by atoms with Gasteiger partial charge in [0.15, 0.2) is 11.5 Å². The Hall–Kier alpha value is -1.76. The summed E-state index contributed by atoms with van der Waals surface area (Å²) < 4.78 is 16.2. The van der Waals surface area contributed by atoms with Gasteiger partial charge in [0.1, 0.15) is 0 Å². The SMILES string of the molecule is CCOc1cc(-c2cncc(C3COB(O)C3)c2)c(Cl)cc1OC. The highest BCUT2D eigenvalue weighted by Crippen LogP contribution is 2.39. The van der Waals surface area contributed by atoms with Gasteiger partial charge in [0.2, 0.25) is 0 Å². The predicted octanol–water partition coefficient (Wildman–Crippen LogP) is 3.40. The molecular formula is C17H19BClNO4. The normalized spacial score (nSPS) is 17.2. The van der Waals surface area contributed by atoms with Crippen LogP contribution in [0.1, 0.15) is 18.4 Å². The smallest absolute Gasteiger partial charge is 0.454 e. The molecule has 0 radical (unpaired) electrons. The Bertz CT molecular complexity index is 728. The minimum absolute atomic E-state index is 0.135. The number of nitrogens with zero attached hydrogens (tertiary/aromatic N) is 1. The van der Waals surface area contributed by atoms with Crippen LogP contribution in [0.2, 0.25) is 11.3 Å². The van der Waals surface area contributed by atoms with Crippen molar-refractivity contribution in [1.29, 1.82) is 0 Å². The predicted molar refractivity (Wildman–Crippen MR) is 93.9 cm³/mol. The first-order chi connectivity index (χ1) is 11.6. The molecule has 7 heteroatoms. The lowest BCUT2D eigenvalue weighted by molar-refractivity contribution is 0.292. The van der Waals surface area contributed by atoms with Crippen molar-refractivity contribution in [2.45, 2.75) is 19.2 Å². The number of hydrogen-bond acceptors (Lipinski definition) is 5. The van der Waals surface area contributed by atoms with Crippen molar-refractivity contribution in [3.63, 3.8) is 0 Å². The molecule has 0 spiro atoms. The van der Waals surface area contributed by atoms with Gasteiger partial charge in [-0.1, -0.05) is 11.6 Å². The van der Waals surface area contributed by atoms with Gasteiger partial charge in [0, 0.05) is 42.1 Å². The molecule has 2 heterocycles. The van der Waals surface area contributed by atoms with Crippen molar-refractivity contribution >= 4 is 18.7 Å². The third kappa shape index (κ3) is 3.51. The van der Waals surface area contributed by atoms with Gasteiger partial charge < -0.3 is 19.2 Å². The fraction of sp³-hybridized carbons (Fsp3) is 0.353. The zero-order chi connectivity index (χ0) is 17.1. The maximum atomic E-state index is 9.55. The number of aromatic nitrogens is 1. The number of pyridine rings is 1. The van der Waals surface area contributed by atoms with E-state index < -0.39 is 7.12 Å². The zero-order valence-electron chi connectivity index (χ0n) is 13.7. The first kappa shape index (κ1) is 17.1. The summed E-state index contributed by atoms with van der Waals surface area (Å²) >= 11 is 6.42. The molecule has 0 bridgehead atoms. The zero-order valence-corrected chi connectivity index (χ0v) is 14.4. The molecule has 1 aromatic heterocycles. The number of halogens is 1. The Kier molecular flexibility index (Phi) is 5.28. The first-order valence-corrected chi connectivity index (χ1v) is 8.25. The molecule has 1 aliphatic rings. The third-order valence-electron chi connectivity index (χ3n) is 4.07. The number of benzene rings is 1. The van der Waals surface area contributed by atoms with Crippen molar-refractivity contribution in [3.8, 4) is 22.6 Å². The molecule has 1 aliphatic heterocycles. The van der Waals surface area contributed by atoms with Crippen molar-refractivity contribution in [3.05, 3.63) is 41.2 Å². The summed E-state index contributed by atoms with van der Waals surface area (Å²) in [6.45, 7) is 2.95. The highest BCUT2D eigenvalue weighted by Gasteiger charge is 2.30. The average Bonchev–Trinajstić information content (AvgIpc) is 3.03. The lowest BCUT2D eigenvalue weighted by Gasteiger charge is -2.14. The average molecular weight is 348 g/mol. The molecule has 1 fully saturated rings. The Morgan fingerprint density at radius 2 is 2.17 bits per heavy atom. The second-order valence-electron chi connectivity index (χ2n) is 5.64. The fourth-order valence-electron chi connectivity index (χ4n) is 2.85. The van der Waals surface area contributed by atoms with E-state index >= 15 is 0 Å². The summed E-state index contributed by atoms with van der Waals surface area (Å²) in [4.78, 5) is 4.32. The van der Waals surface area contributed by atoms with Crippen LogP contribution in [0.25, 0.3) is 11.1 Å². The summed E-state index contributed by atoms with van der Waals surface area (Å²) in [6, 6.07) is 5.64. The van der Waals surface area contributed by atoms with Crippen LogP contribution in [0, 0.1) is 0 Å². The van der Waals surface area contributed by atoms with Crippen LogP contribution in [-0.2, 0) is 4.65 Å². The molecule has 1 saturated heterocycles. The molecule has 24 heavy (non-hydrogen) atoms.